The van der Waals surface area contributed by atoms with Gasteiger partial charge in [-0.25, -0.2) is 0 Å². The largest absolute Gasteiger partial charge is 0.379 e. The first-order valence-corrected chi connectivity index (χ1v) is 4.92. The summed E-state index contributed by atoms with van der Waals surface area (Å²) in [5.41, 5.74) is 0. The Morgan fingerprint density at radius 1 is 1.50 bits per heavy atom. The molecule has 2 aliphatic rings. The molecule has 2 heterocycles. The predicted molar refractivity (Wildman–Crippen MR) is 43.4 cm³/mol. The second-order valence-electron chi connectivity index (χ2n) is 2.91. The van der Waals surface area contributed by atoms with E-state index >= 15 is 0 Å². The van der Waals surface area contributed by atoms with Crippen molar-refractivity contribution in [3.8, 4) is 0 Å². The minimum absolute atomic E-state index is 0.799. The molecule has 3 heteroatoms. The van der Waals surface area contributed by atoms with Crippen LogP contribution in [0.15, 0.2) is 0 Å². The van der Waals surface area contributed by atoms with Crippen molar-refractivity contribution in [1.29, 1.82) is 0 Å². The lowest BCUT2D eigenvalue weighted by molar-refractivity contribution is 0.111. The summed E-state index contributed by atoms with van der Waals surface area (Å²) in [6.45, 7) is 4.12. The Balaban J connectivity index is 1.83. The highest BCUT2D eigenvalue weighted by atomic mass is 32.2. The summed E-state index contributed by atoms with van der Waals surface area (Å²) in [7, 11) is 0. The van der Waals surface area contributed by atoms with Crippen LogP contribution in [-0.2, 0) is 4.74 Å². The highest BCUT2D eigenvalue weighted by Gasteiger charge is 2.31. The number of thioether (sulfide) groups is 1. The molecule has 2 rings (SSSR count). The molecule has 2 saturated heterocycles. The summed E-state index contributed by atoms with van der Waals surface area (Å²) in [6.07, 6.45) is 0. The summed E-state index contributed by atoms with van der Waals surface area (Å²) in [5.74, 6) is 2.23. The van der Waals surface area contributed by atoms with Crippen LogP contribution in [-0.4, -0.2) is 37.3 Å². The van der Waals surface area contributed by atoms with E-state index < -0.39 is 0 Å². The van der Waals surface area contributed by atoms with Crippen LogP contribution in [0, 0.1) is 5.92 Å². The van der Waals surface area contributed by atoms with E-state index in [2.05, 4.69) is 5.32 Å². The van der Waals surface area contributed by atoms with Gasteiger partial charge in [-0.1, -0.05) is 0 Å². The van der Waals surface area contributed by atoms with Crippen LogP contribution in [0.2, 0.25) is 0 Å². The predicted octanol–water partition coefficient (Wildman–Crippen LogP) is 0.338. The molecule has 2 atom stereocenters. The number of fused-ring (bicyclic) bond motifs is 1. The van der Waals surface area contributed by atoms with Gasteiger partial charge in [0.05, 0.1) is 13.2 Å². The van der Waals surface area contributed by atoms with Gasteiger partial charge in [-0.15, -0.1) is 0 Å². The zero-order valence-electron chi connectivity index (χ0n) is 6.01. The second kappa shape index (κ2) is 3.11. The number of rotatable bonds is 0. The summed E-state index contributed by atoms with van der Waals surface area (Å²) in [6, 6.07) is 0. The molecule has 0 saturated carbocycles. The molecular weight excluding hydrogens is 146 g/mol. The Labute approximate surface area is 65.7 Å². The SMILES string of the molecule is C1COCC2SCC2CN1. The van der Waals surface area contributed by atoms with Crippen molar-refractivity contribution in [2.24, 2.45) is 5.92 Å². The van der Waals surface area contributed by atoms with Crippen LogP contribution in [0.25, 0.3) is 0 Å². The van der Waals surface area contributed by atoms with E-state index in [1.54, 1.807) is 0 Å². The molecule has 2 aliphatic heterocycles. The van der Waals surface area contributed by atoms with Gasteiger partial charge in [0.15, 0.2) is 0 Å². The molecule has 0 aromatic heterocycles. The maximum Gasteiger partial charge on any atom is 0.0591 e. The third kappa shape index (κ3) is 1.31. The van der Waals surface area contributed by atoms with Crippen molar-refractivity contribution in [3.63, 3.8) is 0 Å². The van der Waals surface area contributed by atoms with E-state index in [1.807, 2.05) is 11.8 Å². The van der Waals surface area contributed by atoms with Crippen molar-refractivity contribution in [1.82, 2.24) is 5.32 Å². The Hall–Kier alpha value is 0.270. The van der Waals surface area contributed by atoms with Crippen LogP contribution < -0.4 is 5.32 Å². The quantitative estimate of drug-likeness (QED) is 0.550. The van der Waals surface area contributed by atoms with Crippen molar-refractivity contribution < 1.29 is 4.74 Å². The number of hydrogen-bond donors (Lipinski definition) is 1. The highest BCUT2D eigenvalue weighted by Crippen LogP contribution is 2.34. The van der Waals surface area contributed by atoms with Crippen LogP contribution in [0.5, 0.6) is 0 Å². The van der Waals surface area contributed by atoms with E-state index in [0.29, 0.717) is 0 Å². The zero-order chi connectivity index (χ0) is 6.81. The molecule has 2 nitrogen and oxygen atoms in total. The first-order chi connectivity index (χ1) is 4.97. The van der Waals surface area contributed by atoms with Gasteiger partial charge in [0.1, 0.15) is 0 Å². The Bertz CT molecular complexity index is 106. The highest BCUT2D eigenvalue weighted by molar-refractivity contribution is 8.01. The van der Waals surface area contributed by atoms with Gasteiger partial charge >= 0.3 is 0 Å². The molecule has 0 spiro atoms. The molecule has 0 aliphatic carbocycles. The first kappa shape index (κ1) is 6.95. The van der Waals surface area contributed by atoms with Gasteiger partial charge in [0.25, 0.3) is 0 Å². The van der Waals surface area contributed by atoms with Gasteiger partial charge < -0.3 is 10.1 Å². The summed E-state index contributed by atoms with van der Waals surface area (Å²) >= 11 is 2.05. The topological polar surface area (TPSA) is 21.3 Å². The average Bonchev–Trinajstić information content (AvgIpc) is 1.89. The molecule has 0 amide bonds. The Morgan fingerprint density at radius 3 is 3.30 bits per heavy atom. The van der Waals surface area contributed by atoms with Crippen LogP contribution in [0.3, 0.4) is 0 Å². The van der Waals surface area contributed by atoms with Gasteiger partial charge in [-0.2, -0.15) is 11.8 Å². The van der Waals surface area contributed by atoms with E-state index in [-0.39, 0.29) is 0 Å². The van der Waals surface area contributed by atoms with Crippen molar-refractivity contribution in [2.75, 3.05) is 32.1 Å². The molecule has 2 fully saturated rings. The molecule has 0 aromatic carbocycles. The van der Waals surface area contributed by atoms with Crippen molar-refractivity contribution >= 4 is 11.8 Å². The summed E-state index contributed by atoms with van der Waals surface area (Å²) in [5, 5.41) is 4.18. The van der Waals surface area contributed by atoms with Crippen molar-refractivity contribution in [3.05, 3.63) is 0 Å². The number of hydrogen-bond acceptors (Lipinski definition) is 3. The van der Waals surface area contributed by atoms with Gasteiger partial charge in [-0.05, 0) is 18.2 Å². The van der Waals surface area contributed by atoms with E-state index in [0.717, 1.165) is 30.9 Å². The lowest BCUT2D eigenvalue weighted by atomic mass is 10.1. The lowest BCUT2D eigenvalue weighted by Gasteiger charge is -2.37. The summed E-state index contributed by atoms with van der Waals surface area (Å²) in [4.78, 5) is 0. The fourth-order valence-electron chi connectivity index (χ4n) is 1.37. The van der Waals surface area contributed by atoms with E-state index in [1.165, 1.54) is 12.3 Å². The van der Waals surface area contributed by atoms with Gasteiger partial charge in [0, 0.05) is 11.8 Å². The van der Waals surface area contributed by atoms with Crippen LogP contribution in [0.1, 0.15) is 0 Å². The monoisotopic (exact) mass is 159 g/mol. The Morgan fingerprint density at radius 2 is 2.50 bits per heavy atom. The van der Waals surface area contributed by atoms with Gasteiger partial charge in [0.2, 0.25) is 0 Å². The molecule has 10 heavy (non-hydrogen) atoms. The number of nitrogens with one attached hydrogen (secondary N) is 1. The van der Waals surface area contributed by atoms with Gasteiger partial charge in [-0.3, -0.25) is 0 Å². The summed E-state index contributed by atoms with van der Waals surface area (Å²) < 4.78 is 5.43. The third-order valence-corrected chi connectivity index (χ3v) is 3.73. The first-order valence-electron chi connectivity index (χ1n) is 3.87. The molecular formula is C7H13NOS. The smallest absolute Gasteiger partial charge is 0.0591 e. The maximum absolute atomic E-state index is 5.43. The van der Waals surface area contributed by atoms with Crippen LogP contribution >= 0.6 is 11.8 Å². The fraction of sp³-hybridized carbons (Fsp3) is 1.00. The molecule has 58 valence electrons. The Kier molecular flexibility index (Phi) is 2.16. The normalized spacial score (nSPS) is 40.8. The van der Waals surface area contributed by atoms with E-state index in [9.17, 15) is 0 Å². The molecule has 2 unspecified atom stereocenters. The minimum Gasteiger partial charge on any atom is -0.379 e. The van der Waals surface area contributed by atoms with Crippen LogP contribution in [0.4, 0.5) is 0 Å². The minimum atomic E-state index is 0.799. The lowest BCUT2D eigenvalue weighted by Crippen LogP contribution is -2.44. The molecule has 0 aromatic rings. The van der Waals surface area contributed by atoms with E-state index in [4.69, 9.17) is 4.74 Å². The maximum atomic E-state index is 5.43. The second-order valence-corrected chi connectivity index (χ2v) is 4.18. The molecule has 0 radical (unpaired) electrons. The average molecular weight is 159 g/mol. The standard InChI is InChI=1S/C7H13NOS/c1-2-9-4-7-6(3-8-1)5-10-7/h6-8H,1-5H2. The number of ether oxygens (including phenoxy) is 1. The third-order valence-electron chi connectivity index (χ3n) is 2.16. The molecule has 1 N–H and O–H groups in total. The fourth-order valence-corrected chi connectivity index (χ4v) is 2.52. The van der Waals surface area contributed by atoms with Crippen molar-refractivity contribution in [2.45, 2.75) is 5.25 Å². The zero-order valence-corrected chi connectivity index (χ0v) is 6.82. The molecule has 0 bridgehead atoms.